The molecular formula is C23H27N3O5S. The van der Waals surface area contributed by atoms with Crippen LogP contribution in [0.3, 0.4) is 0 Å². The second-order valence-corrected chi connectivity index (χ2v) is 9.48. The number of thioether (sulfide) groups is 1. The first-order valence-electron chi connectivity index (χ1n) is 10.2. The SMILES string of the molecule is COc1cc([C@H]2C3=C(CC(C)(C)CC3=O)Nc3nc(SC)[nH]c(=O)c32)cc(OC)c1OC. The molecule has 8 nitrogen and oxygen atoms in total. The maximum absolute atomic E-state index is 13.4. The van der Waals surface area contributed by atoms with Crippen molar-refractivity contribution in [2.75, 3.05) is 32.9 Å². The zero-order valence-electron chi connectivity index (χ0n) is 19.0. The Morgan fingerprint density at radius 3 is 2.28 bits per heavy atom. The molecule has 1 aliphatic heterocycles. The van der Waals surface area contributed by atoms with Gasteiger partial charge in [0.1, 0.15) is 5.82 Å². The van der Waals surface area contributed by atoms with Crippen molar-refractivity contribution in [1.29, 1.82) is 0 Å². The fourth-order valence-corrected chi connectivity index (χ4v) is 4.97. The first-order valence-corrected chi connectivity index (χ1v) is 11.5. The van der Waals surface area contributed by atoms with Crippen LogP contribution in [-0.4, -0.2) is 43.3 Å². The van der Waals surface area contributed by atoms with Crippen LogP contribution < -0.4 is 25.1 Å². The minimum Gasteiger partial charge on any atom is -0.493 e. The number of anilines is 1. The van der Waals surface area contributed by atoms with E-state index in [2.05, 4.69) is 29.1 Å². The minimum atomic E-state index is -0.606. The molecule has 0 radical (unpaired) electrons. The van der Waals surface area contributed by atoms with Crippen LogP contribution in [0.15, 0.2) is 33.4 Å². The van der Waals surface area contributed by atoms with E-state index in [4.69, 9.17) is 14.2 Å². The van der Waals surface area contributed by atoms with Crippen molar-refractivity contribution in [3.8, 4) is 17.2 Å². The Hall–Kier alpha value is -2.94. The number of ether oxygens (including phenoxy) is 3. The molecule has 1 atom stereocenters. The van der Waals surface area contributed by atoms with Gasteiger partial charge in [0.05, 0.1) is 26.9 Å². The molecule has 0 spiro atoms. The molecule has 9 heteroatoms. The molecule has 0 saturated carbocycles. The Balaban J connectivity index is 2.02. The van der Waals surface area contributed by atoms with E-state index in [-0.39, 0.29) is 16.8 Å². The standard InChI is InChI=1S/C23H27N3O5S/c1-23(2)9-12-17(13(27)10-23)16(18-20(24-12)25-22(32-6)26-21(18)28)11-7-14(29-3)19(31-5)15(8-11)30-4/h7-8,16H,9-10H2,1-6H3,(H2,24,25,26,28)/t16-/m0/s1. The molecule has 32 heavy (non-hydrogen) atoms. The number of methoxy groups -OCH3 is 3. The first-order chi connectivity index (χ1) is 15.2. The number of ketones is 1. The van der Waals surface area contributed by atoms with Crippen molar-refractivity contribution < 1.29 is 19.0 Å². The third-order valence-corrected chi connectivity index (χ3v) is 6.49. The number of aromatic amines is 1. The second kappa shape index (κ2) is 8.20. The summed E-state index contributed by atoms with van der Waals surface area (Å²) in [6.45, 7) is 4.14. The lowest BCUT2D eigenvalue weighted by atomic mass is 9.69. The van der Waals surface area contributed by atoms with Crippen LogP contribution >= 0.6 is 11.8 Å². The molecule has 0 saturated heterocycles. The van der Waals surface area contributed by atoms with Crippen LogP contribution in [0.2, 0.25) is 0 Å². The molecule has 1 aliphatic carbocycles. The Kier molecular flexibility index (Phi) is 5.70. The van der Waals surface area contributed by atoms with Crippen molar-refractivity contribution >= 4 is 23.4 Å². The highest BCUT2D eigenvalue weighted by Crippen LogP contribution is 2.50. The maximum atomic E-state index is 13.4. The van der Waals surface area contributed by atoms with Gasteiger partial charge in [0.25, 0.3) is 5.56 Å². The smallest absolute Gasteiger partial charge is 0.257 e. The molecule has 2 aliphatic rings. The summed E-state index contributed by atoms with van der Waals surface area (Å²) in [5, 5.41) is 3.82. The lowest BCUT2D eigenvalue weighted by Gasteiger charge is -2.38. The van der Waals surface area contributed by atoms with E-state index in [0.717, 1.165) is 5.70 Å². The van der Waals surface area contributed by atoms with Crippen molar-refractivity contribution in [2.24, 2.45) is 5.41 Å². The number of nitrogens with one attached hydrogen (secondary N) is 2. The van der Waals surface area contributed by atoms with Crippen LogP contribution in [-0.2, 0) is 4.79 Å². The molecule has 4 rings (SSSR count). The molecule has 170 valence electrons. The monoisotopic (exact) mass is 457 g/mol. The van der Waals surface area contributed by atoms with Gasteiger partial charge in [0.2, 0.25) is 5.75 Å². The van der Waals surface area contributed by atoms with E-state index in [1.54, 1.807) is 12.1 Å². The maximum Gasteiger partial charge on any atom is 0.257 e. The number of nitrogens with zero attached hydrogens (tertiary/aromatic N) is 1. The van der Waals surface area contributed by atoms with Gasteiger partial charge in [-0.05, 0) is 35.8 Å². The highest BCUT2D eigenvalue weighted by atomic mass is 32.2. The number of hydrogen-bond acceptors (Lipinski definition) is 8. The number of rotatable bonds is 5. The topological polar surface area (TPSA) is 103 Å². The fourth-order valence-electron chi connectivity index (χ4n) is 4.59. The summed E-state index contributed by atoms with van der Waals surface area (Å²) in [6, 6.07) is 3.58. The Morgan fingerprint density at radius 1 is 1.06 bits per heavy atom. The van der Waals surface area contributed by atoms with Gasteiger partial charge in [-0.1, -0.05) is 25.6 Å². The zero-order valence-corrected chi connectivity index (χ0v) is 19.9. The second-order valence-electron chi connectivity index (χ2n) is 8.69. The van der Waals surface area contributed by atoms with Crippen LogP contribution in [0.25, 0.3) is 0 Å². The average molecular weight is 458 g/mol. The molecule has 0 amide bonds. The third-order valence-electron chi connectivity index (χ3n) is 5.91. The van der Waals surface area contributed by atoms with E-state index in [9.17, 15) is 9.59 Å². The van der Waals surface area contributed by atoms with Crippen LogP contribution in [0.4, 0.5) is 5.82 Å². The van der Waals surface area contributed by atoms with Gasteiger partial charge < -0.3 is 24.5 Å². The molecule has 0 unspecified atom stereocenters. The van der Waals surface area contributed by atoms with Crippen LogP contribution in [0, 0.1) is 5.41 Å². The number of allylic oxidation sites excluding steroid dienone is 2. The van der Waals surface area contributed by atoms with Crippen molar-refractivity contribution in [2.45, 2.75) is 37.8 Å². The number of Topliss-reactive ketones (excluding diaryl/α,β-unsaturated/α-hetero) is 1. The largest absolute Gasteiger partial charge is 0.493 e. The third kappa shape index (κ3) is 3.64. The van der Waals surface area contributed by atoms with Gasteiger partial charge in [-0.25, -0.2) is 4.98 Å². The van der Waals surface area contributed by atoms with Gasteiger partial charge in [0, 0.05) is 23.6 Å². The predicted molar refractivity (Wildman–Crippen MR) is 123 cm³/mol. The summed E-state index contributed by atoms with van der Waals surface area (Å²) in [7, 11) is 4.61. The predicted octanol–water partition coefficient (Wildman–Crippen LogP) is 3.72. The minimum absolute atomic E-state index is 0.0153. The molecular weight excluding hydrogens is 430 g/mol. The molecule has 2 N–H and O–H groups in total. The summed E-state index contributed by atoms with van der Waals surface area (Å²) in [4.78, 5) is 34.0. The number of H-pyrrole nitrogens is 1. The van der Waals surface area contributed by atoms with E-state index in [1.807, 2.05) is 6.26 Å². The van der Waals surface area contributed by atoms with E-state index >= 15 is 0 Å². The molecule has 1 aromatic carbocycles. The fraction of sp³-hybridized carbons (Fsp3) is 0.435. The summed E-state index contributed by atoms with van der Waals surface area (Å²) in [5.41, 5.74) is 2.03. The Labute approximate surface area is 190 Å². The van der Waals surface area contributed by atoms with Crippen molar-refractivity contribution in [3.05, 3.63) is 44.9 Å². The average Bonchev–Trinajstić information content (AvgIpc) is 2.75. The summed E-state index contributed by atoms with van der Waals surface area (Å²) >= 11 is 1.35. The normalized spacial score (nSPS) is 19.1. The van der Waals surface area contributed by atoms with Gasteiger partial charge in [-0.2, -0.15) is 0 Å². The lowest BCUT2D eigenvalue weighted by molar-refractivity contribution is -0.118. The highest BCUT2D eigenvalue weighted by molar-refractivity contribution is 7.98. The van der Waals surface area contributed by atoms with Gasteiger partial charge in [-0.15, -0.1) is 0 Å². The van der Waals surface area contributed by atoms with Gasteiger partial charge in [0.15, 0.2) is 22.4 Å². The van der Waals surface area contributed by atoms with Gasteiger partial charge in [-0.3, -0.25) is 9.59 Å². The van der Waals surface area contributed by atoms with Crippen molar-refractivity contribution in [1.82, 2.24) is 9.97 Å². The molecule has 0 fully saturated rings. The highest BCUT2D eigenvalue weighted by Gasteiger charge is 2.42. The molecule has 0 bridgehead atoms. The lowest BCUT2D eigenvalue weighted by Crippen LogP contribution is -2.37. The van der Waals surface area contributed by atoms with Crippen molar-refractivity contribution in [3.63, 3.8) is 0 Å². The summed E-state index contributed by atoms with van der Waals surface area (Å²) in [6.07, 6.45) is 2.93. The first kappa shape index (κ1) is 22.3. The number of carbonyl (C=O) groups excluding carboxylic acids is 1. The number of carbonyl (C=O) groups is 1. The molecule has 2 aromatic rings. The van der Waals surface area contributed by atoms with E-state index < -0.39 is 5.92 Å². The van der Waals surface area contributed by atoms with E-state index in [1.165, 1.54) is 33.1 Å². The van der Waals surface area contributed by atoms with Gasteiger partial charge >= 0.3 is 0 Å². The Morgan fingerprint density at radius 2 is 1.72 bits per heavy atom. The van der Waals surface area contributed by atoms with Crippen LogP contribution in [0.1, 0.15) is 43.7 Å². The number of fused-ring (bicyclic) bond motifs is 1. The summed E-state index contributed by atoms with van der Waals surface area (Å²) in [5.74, 6) is 1.24. The zero-order chi connectivity index (χ0) is 23.2. The quantitative estimate of drug-likeness (QED) is 0.517. The van der Waals surface area contributed by atoms with Crippen LogP contribution in [0.5, 0.6) is 17.2 Å². The number of benzene rings is 1. The summed E-state index contributed by atoms with van der Waals surface area (Å²) < 4.78 is 16.5. The molecule has 2 heterocycles. The Bertz CT molecular complexity index is 1160. The molecule has 1 aromatic heterocycles. The number of hydrogen-bond donors (Lipinski definition) is 2. The number of aromatic nitrogens is 2. The van der Waals surface area contributed by atoms with E-state index in [0.29, 0.717) is 57.8 Å².